The zero-order valence-electron chi connectivity index (χ0n) is 14.7. The second-order valence-corrected chi connectivity index (χ2v) is 6.29. The summed E-state index contributed by atoms with van der Waals surface area (Å²) >= 11 is 6.11. The fraction of sp³-hybridized carbons (Fsp3) is 0.0909. The van der Waals surface area contributed by atoms with Crippen molar-refractivity contribution in [2.75, 3.05) is 6.61 Å². The van der Waals surface area contributed by atoms with E-state index in [1.165, 1.54) is 24.3 Å². The predicted molar refractivity (Wildman–Crippen MR) is 103 cm³/mol. The van der Waals surface area contributed by atoms with Gasteiger partial charge in [0.1, 0.15) is 23.7 Å². The number of ketones is 1. The molecule has 0 aliphatic heterocycles. The topological polar surface area (TPSA) is 52.6 Å². The summed E-state index contributed by atoms with van der Waals surface area (Å²) < 4.78 is 23.8. The third-order valence-electron chi connectivity index (χ3n) is 3.95. The van der Waals surface area contributed by atoms with E-state index in [1.54, 1.807) is 30.3 Å². The lowest BCUT2D eigenvalue weighted by atomic mass is 10.1. The summed E-state index contributed by atoms with van der Waals surface area (Å²) in [5.74, 6) is -1.24. The van der Waals surface area contributed by atoms with E-state index < -0.39 is 24.2 Å². The van der Waals surface area contributed by atoms with Crippen molar-refractivity contribution in [2.24, 2.45) is 0 Å². The van der Waals surface area contributed by atoms with Gasteiger partial charge in [-0.3, -0.25) is 4.79 Å². The molecule has 28 heavy (non-hydrogen) atoms. The van der Waals surface area contributed by atoms with E-state index in [-0.39, 0.29) is 17.7 Å². The molecule has 4 nitrogen and oxygen atoms in total. The molecule has 3 aromatic rings. The molecule has 0 spiro atoms. The van der Waals surface area contributed by atoms with Gasteiger partial charge in [-0.1, -0.05) is 41.9 Å². The van der Waals surface area contributed by atoms with Crippen LogP contribution in [0.1, 0.15) is 26.3 Å². The van der Waals surface area contributed by atoms with Crippen LogP contribution in [0, 0.1) is 5.82 Å². The second-order valence-electron chi connectivity index (χ2n) is 5.88. The highest BCUT2D eigenvalue weighted by Gasteiger charge is 2.16. The van der Waals surface area contributed by atoms with Gasteiger partial charge in [-0.15, -0.1) is 0 Å². The number of ether oxygens (including phenoxy) is 2. The number of para-hydroxylation sites is 1. The first kappa shape index (κ1) is 19.6. The van der Waals surface area contributed by atoms with E-state index in [9.17, 15) is 14.0 Å². The molecule has 3 aromatic carbocycles. The van der Waals surface area contributed by atoms with Gasteiger partial charge in [0, 0.05) is 16.1 Å². The summed E-state index contributed by atoms with van der Waals surface area (Å²) in [6, 6.07) is 18.8. The Balaban J connectivity index is 1.64. The average molecular weight is 399 g/mol. The number of hydrogen-bond acceptors (Lipinski definition) is 4. The lowest BCUT2D eigenvalue weighted by Crippen LogP contribution is -2.15. The molecule has 0 atom stereocenters. The maximum Gasteiger partial charge on any atom is 0.342 e. The summed E-state index contributed by atoms with van der Waals surface area (Å²) in [6.07, 6.45) is 0. The van der Waals surface area contributed by atoms with Crippen molar-refractivity contribution in [2.45, 2.75) is 6.61 Å². The van der Waals surface area contributed by atoms with Crippen LogP contribution in [0.5, 0.6) is 5.75 Å². The van der Waals surface area contributed by atoms with Crippen molar-refractivity contribution in [3.8, 4) is 5.75 Å². The SMILES string of the molecule is O=C(COC(=O)c1ccccc1OCc1ccccc1Cl)c1ccc(F)cc1. The van der Waals surface area contributed by atoms with Crippen LogP contribution in [-0.4, -0.2) is 18.4 Å². The first-order chi connectivity index (χ1) is 13.5. The molecule has 0 saturated heterocycles. The Hall–Kier alpha value is -3.18. The highest BCUT2D eigenvalue weighted by Crippen LogP contribution is 2.22. The monoisotopic (exact) mass is 398 g/mol. The summed E-state index contributed by atoms with van der Waals surface area (Å²) in [5, 5.41) is 0.562. The van der Waals surface area contributed by atoms with Gasteiger partial charge in [-0.05, 0) is 42.5 Å². The normalized spacial score (nSPS) is 10.4. The number of Topliss-reactive ketones (excluding diaryl/α,β-unsaturated/α-hetero) is 1. The maximum absolute atomic E-state index is 12.9. The largest absolute Gasteiger partial charge is 0.488 e. The van der Waals surface area contributed by atoms with E-state index in [1.807, 2.05) is 18.2 Å². The molecule has 0 unspecified atom stereocenters. The number of rotatable bonds is 7. The van der Waals surface area contributed by atoms with Crippen molar-refractivity contribution in [1.29, 1.82) is 0 Å². The summed E-state index contributed by atoms with van der Waals surface area (Å²) in [5.41, 5.74) is 1.23. The van der Waals surface area contributed by atoms with Crippen molar-refractivity contribution < 1.29 is 23.5 Å². The zero-order chi connectivity index (χ0) is 19.9. The van der Waals surface area contributed by atoms with Gasteiger partial charge in [-0.25, -0.2) is 9.18 Å². The molecule has 142 valence electrons. The van der Waals surface area contributed by atoms with Crippen molar-refractivity contribution in [3.05, 3.63) is 100 Å². The maximum atomic E-state index is 12.9. The van der Waals surface area contributed by atoms with Crippen molar-refractivity contribution in [1.82, 2.24) is 0 Å². The number of carbonyl (C=O) groups excluding carboxylic acids is 2. The molecular formula is C22H16ClFO4. The van der Waals surface area contributed by atoms with Crippen LogP contribution in [0.2, 0.25) is 5.02 Å². The van der Waals surface area contributed by atoms with E-state index in [0.29, 0.717) is 10.8 Å². The lowest BCUT2D eigenvalue weighted by Gasteiger charge is -2.12. The quantitative estimate of drug-likeness (QED) is 0.410. The van der Waals surface area contributed by atoms with Crippen LogP contribution >= 0.6 is 11.6 Å². The second kappa shape index (κ2) is 9.15. The van der Waals surface area contributed by atoms with Crippen LogP contribution < -0.4 is 4.74 Å². The van der Waals surface area contributed by atoms with Crippen LogP contribution in [0.3, 0.4) is 0 Å². The fourth-order valence-corrected chi connectivity index (χ4v) is 2.65. The summed E-state index contributed by atoms with van der Waals surface area (Å²) in [4.78, 5) is 24.5. The van der Waals surface area contributed by atoms with Gasteiger partial charge in [-0.2, -0.15) is 0 Å². The van der Waals surface area contributed by atoms with E-state index in [0.717, 1.165) is 5.56 Å². The Morgan fingerprint density at radius 1 is 0.893 bits per heavy atom. The molecular weight excluding hydrogens is 383 g/mol. The highest BCUT2D eigenvalue weighted by atomic mass is 35.5. The molecule has 0 heterocycles. The lowest BCUT2D eigenvalue weighted by molar-refractivity contribution is 0.0470. The van der Waals surface area contributed by atoms with E-state index in [4.69, 9.17) is 21.1 Å². The first-order valence-electron chi connectivity index (χ1n) is 8.45. The molecule has 0 aliphatic carbocycles. The molecule has 6 heteroatoms. The van der Waals surface area contributed by atoms with Crippen molar-refractivity contribution in [3.63, 3.8) is 0 Å². The van der Waals surface area contributed by atoms with Crippen LogP contribution in [0.4, 0.5) is 4.39 Å². The Labute approximate surface area is 166 Å². The fourth-order valence-electron chi connectivity index (χ4n) is 2.46. The molecule has 0 amide bonds. The standard InChI is InChI=1S/C22H16ClFO4/c23-19-7-3-1-5-16(19)13-27-21-8-4-2-6-18(21)22(26)28-14-20(25)15-9-11-17(24)12-10-15/h1-12H,13-14H2. The van der Waals surface area contributed by atoms with Crippen LogP contribution in [0.25, 0.3) is 0 Å². The molecule has 3 rings (SSSR count). The van der Waals surface area contributed by atoms with Gasteiger partial charge >= 0.3 is 5.97 Å². The number of esters is 1. The Morgan fingerprint density at radius 3 is 2.32 bits per heavy atom. The molecule has 0 aliphatic rings. The number of halogens is 2. The number of benzene rings is 3. The third kappa shape index (κ3) is 4.96. The third-order valence-corrected chi connectivity index (χ3v) is 4.32. The molecule has 0 radical (unpaired) electrons. The molecule has 0 bridgehead atoms. The van der Waals surface area contributed by atoms with Crippen molar-refractivity contribution >= 4 is 23.4 Å². The summed E-state index contributed by atoms with van der Waals surface area (Å²) in [6.45, 7) is -0.276. The molecule has 0 aromatic heterocycles. The van der Waals surface area contributed by atoms with Gasteiger partial charge in [0.15, 0.2) is 12.4 Å². The minimum absolute atomic E-state index is 0.179. The Kier molecular flexibility index (Phi) is 6.40. The van der Waals surface area contributed by atoms with Gasteiger partial charge in [0.25, 0.3) is 0 Å². The molecule has 0 fully saturated rings. The molecule has 0 N–H and O–H groups in total. The smallest absolute Gasteiger partial charge is 0.342 e. The first-order valence-corrected chi connectivity index (χ1v) is 8.83. The Bertz CT molecular complexity index is 986. The minimum atomic E-state index is -0.690. The van der Waals surface area contributed by atoms with Crippen LogP contribution in [0.15, 0.2) is 72.8 Å². The number of hydrogen-bond donors (Lipinski definition) is 0. The van der Waals surface area contributed by atoms with E-state index >= 15 is 0 Å². The van der Waals surface area contributed by atoms with E-state index in [2.05, 4.69) is 0 Å². The van der Waals surface area contributed by atoms with Gasteiger partial charge in [0.2, 0.25) is 0 Å². The number of carbonyl (C=O) groups is 2. The zero-order valence-corrected chi connectivity index (χ0v) is 15.5. The van der Waals surface area contributed by atoms with Gasteiger partial charge < -0.3 is 9.47 Å². The average Bonchev–Trinajstić information content (AvgIpc) is 2.72. The Morgan fingerprint density at radius 2 is 1.57 bits per heavy atom. The summed E-state index contributed by atoms with van der Waals surface area (Å²) in [7, 11) is 0. The minimum Gasteiger partial charge on any atom is -0.488 e. The highest BCUT2D eigenvalue weighted by molar-refractivity contribution is 6.31. The molecule has 0 saturated carbocycles. The predicted octanol–water partition coefficient (Wildman–Crippen LogP) is 5.10. The van der Waals surface area contributed by atoms with Crippen LogP contribution in [-0.2, 0) is 11.3 Å². The van der Waals surface area contributed by atoms with Gasteiger partial charge in [0.05, 0.1) is 0 Å².